The van der Waals surface area contributed by atoms with Gasteiger partial charge < -0.3 is 15.5 Å². The Hall–Kier alpha value is -1.31. The Bertz CT molecular complexity index is 661. The van der Waals surface area contributed by atoms with Gasteiger partial charge in [0.05, 0.1) is 0 Å². The van der Waals surface area contributed by atoms with Crippen LogP contribution >= 0.6 is 24.0 Å². The molecule has 1 aromatic carbocycles. The van der Waals surface area contributed by atoms with Gasteiger partial charge in [0.1, 0.15) is 0 Å². The highest BCUT2D eigenvalue weighted by atomic mass is 127. The van der Waals surface area contributed by atoms with Crippen molar-refractivity contribution >= 4 is 35.8 Å². The molecule has 3 rings (SSSR count). The van der Waals surface area contributed by atoms with Crippen LogP contribution in [0.3, 0.4) is 0 Å². The van der Waals surface area contributed by atoms with E-state index in [0.29, 0.717) is 12.0 Å². The highest BCUT2D eigenvalue weighted by Crippen LogP contribution is 2.42. The number of carbonyl (C=O) groups is 1. The fraction of sp³-hybridized carbons (Fsp3) is 0.636. The number of hydrogen-bond donors (Lipinski definition) is 2. The van der Waals surface area contributed by atoms with Gasteiger partial charge in [-0.15, -0.1) is 24.0 Å². The van der Waals surface area contributed by atoms with Crippen LogP contribution in [0.25, 0.3) is 0 Å². The second kappa shape index (κ2) is 11.0. The zero-order chi connectivity index (χ0) is 19.1. The van der Waals surface area contributed by atoms with Crippen molar-refractivity contribution in [2.45, 2.75) is 58.4 Å². The third-order valence-corrected chi connectivity index (χ3v) is 6.30. The normalized spacial score (nSPS) is 18.6. The summed E-state index contributed by atoms with van der Waals surface area (Å²) >= 11 is 0. The standard InChI is InChI=1S/C22H34N4O.HI/c1-3-22(11-8-12-22)17-25-21(23-2)24-16-18-9-7-10-19(15-18)20(27)26-13-5-4-6-14-26;/h7,9-10,15H,3-6,8,11-14,16-17H2,1-2H3,(H2,23,24,25);1H. The minimum absolute atomic E-state index is 0. The molecule has 1 aliphatic carbocycles. The van der Waals surface area contributed by atoms with E-state index in [1.165, 1.54) is 32.1 Å². The van der Waals surface area contributed by atoms with Crippen molar-refractivity contribution in [3.63, 3.8) is 0 Å². The van der Waals surface area contributed by atoms with E-state index in [2.05, 4.69) is 28.6 Å². The summed E-state index contributed by atoms with van der Waals surface area (Å²) < 4.78 is 0. The number of amides is 1. The van der Waals surface area contributed by atoms with Gasteiger partial charge in [-0.2, -0.15) is 0 Å². The zero-order valence-electron chi connectivity index (χ0n) is 17.3. The molecule has 2 fully saturated rings. The summed E-state index contributed by atoms with van der Waals surface area (Å²) in [7, 11) is 1.81. The lowest BCUT2D eigenvalue weighted by atomic mass is 9.67. The van der Waals surface area contributed by atoms with Crippen LogP contribution in [0.5, 0.6) is 0 Å². The molecule has 0 bridgehead atoms. The maximum absolute atomic E-state index is 12.7. The van der Waals surface area contributed by atoms with Crippen LogP contribution in [0.15, 0.2) is 29.3 Å². The Kier molecular flexibility index (Phi) is 9.05. The number of likely N-dealkylation sites (tertiary alicyclic amines) is 1. The lowest BCUT2D eigenvalue weighted by molar-refractivity contribution is 0.0724. The molecule has 1 saturated heterocycles. The molecule has 1 aliphatic heterocycles. The summed E-state index contributed by atoms with van der Waals surface area (Å²) in [5, 5.41) is 6.88. The van der Waals surface area contributed by atoms with Crippen molar-refractivity contribution in [2.75, 3.05) is 26.7 Å². The minimum atomic E-state index is 0. The molecule has 1 heterocycles. The Balaban J connectivity index is 0.00000280. The van der Waals surface area contributed by atoms with E-state index in [0.717, 1.165) is 49.6 Å². The van der Waals surface area contributed by atoms with Crippen LogP contribution in [0.2, 0.25) is 0 Å². The van der Waals surface area contributed by atoms with Crippen LogP contribution in [-0.2, 0) is 6.54 Å². The highest BCUT2D eigenvalue weighted by molar-refractivity contribution is 14.0. The van der Waals surface area contributed by atoms with Crippen molar-refractivity contribution in [1.29, 1.82) is 0 Å². The second-order valence-corrected chi connectivity index (χ2v) is 8.04. The zero-order valence-corrected chi connectivity index (χ0v) is 19.6. The van der Waals surface area contributed by atoms with E-state index in [9.17, 15) is 4.79 Å². The van der Waals surface area contributed by atoms with Crippen molar-refractivity contribution in [2.24, 2.45) is 10.4 Å². The average molecular weight is 498 g/mol. The molecule has 2 N–H and O–H groups in total. The van der Waals surface area contributed by atoms with Gasteiger partial charge in [0.25, 0.3) is 5.91 Å². The van der Waals surface area contributed by atoms with E-state index in [4.69, 9.17) is 0 Å². The van der Waals surface area contributed by atoms with Crippen LogP contribution < -0.4 is 10.6 Å². The van der Waals surface area contributed by atoms with Gasteiger partial charge in [0.2, 0.25) is 0 Å². The largest absolute Gasteiger partial charge is 0.356 e. The van der Waals surface area contributed by atoms with Gasteiger partial charge in [0.15, 0.2) is 5.96 Å². The number of nitrogens with one attached hydrogen (secondary N) is 2. The van der Waals surface area contributed by atoms with Crippen LogP contribution in [-0.4, -0.2) is 43.4 Å². The minimum Gasteiger partial charge on any atom is -0.356 e. The fourth-order valence-electron chi connectivity index (χ4n) is 4.10. The van der Waals surface area contributed by atoms with E-state index in [1.807, 2.05) is 30.1 Å². The van der Waals surface area contributed by atoms with E-state index < -0.39 is 0 Å². The van der Waals surface area contributed by atoms with Crippen molar-refractivity contribution in [3.05, 3.63) is 35.4 Å². The topological polar surface area (TPSA) is 56.7 Å². The van der Waals surface area contributed by atoms with Gasteiger partial charge in [-0.1, -0.05) is 25.5 Å². The van der Waals surface area contributed by atoms with Crippen molar-refractivity contribution in [1.82, 2.24) is 15.5 Å². The molecule has 6 heteroatoms. The first kappa shape index (κ1) is 23.0. The quantitative estimate of drug-likeness (QED) is 0.352. The molecular formula is C22H35IN4O. The Morgan fingerprint density at radius 3 is 2.50 bits per heavy atom. The predicted molar refractivity (Wildman–Crippen MR) is 126 cm³/mol. The molecule has 0 atom stereocenters. The number of benzene rings is 1. The molecule has 1 saturated carbocycles. The molecule has 0 unspecified atom stereocenters. The van der Waals surface area contributed by atoms with Crippen LogP contribution in [0.1, 0.15) is 67.8 Å². The van der Waals surface area contributed by atoms with Crippen molar-refractivity contribution < 1.29 is 4.79 Å². The SMILES string of the molecule is CCC1(CNC(=NC)NCc2cccc(C(=O)N3CCCCC3)c2)CCC1.I. The number of guanidine groups is 1. The summed E-state index contributed by atoms with van der Waals surface area (Å²) in [6.07, 6.45) is 8.67. The monoisotopic (exact) mass is 498 g/mol. The number of piperidine rings is 1. The molecule has 156 valence electrons. The molecule has 1 aromatic rings. The second-order valence-electron chi connectivity index (χ2n) is 8.04. The first-order valence-electron chi connectivity index (χ1n) is 10.5. The lowest BCUT2D eigenvalue weighted by Crippen LogP contribution is -2.46. The molecule has 0 spiro atoms. The third kappa shape index (κ3) is 5.84. The summed E-state index contributed by atoms with van der Waals surface area (Å²) in [5.74, 6) is 0.997. The Labute approximate surface area is 186 Å². The van der Waals surface area contributed by atoms with E-state index >= 15 is 0 Å². The van der Waals surface area contributed by atoms with Gasteiger partial charge in [0, 0.05) is 38.8 Å². The van der Waals surface area contributed by atoms with Gasteiger partial charge >= 0.3 is 0 Å². The first-order valence-corrected chi connectivity index (χ1v) is 10.5. The lowest BCUT2D eigenvalue weighted by Gasteiger charge is -2.41. The molecular weight excluding hydrogens is 463 g/mol. The van der Waals surface area contributed by atoms with Crippen molar-refractivity contribution in [3.8, 4) is 0 Å². The fourth-order valence-corrected chi connectivity index (χ4v) is 4.10. The van der Waals surface area contributed by atoms with Crippen LogP contribution in [0.4, 0.5) is 0 Å². The van der Waals surface area contributed by atoms with E-state index in [-0.39, 0.29) is 29.9 Å². The predicted octanol–water partition coefficient (Wildman–Crippen LogP) is 4.18. The molecule has 1 amide bonds. The maximum Gasteiger partial charge on any atom is 0.253 e. The summed E-state index contributed by atoms with van der Waals surface area (Å²) in [6, 6.07) is 7.98. The average Bonchev–Trinajstić information content (AvgIpc) is 2.70. The highest BCUT2D eigenvalue weighted by Gasteiger charge is 2.34. The van der Waals surface area contributed by atoms with Gasteiger partial charge in [-0.05, 0) is 61.6 Å². The number of aliphatic imine (C=N–C) groups is 1. The maximum atomic E-state index is 12.7. The van der Waals surface area contributed by atoms with Gasteiger partial charge in [-0.3, -0.25) is 9.79 Å². The summed E-state index contributed by atoms with van der Waals surface area (Å²) in [6.45, 7) is 5.70. The molecule has 5 nitrogen and oxygen atoms in total. The molecule has 0 radical (unpaired) electrons. The Morgan fingerprint density at radius 2 is 1.89 bits per heavy atom. The summed E-state index contributed by atoms with van der Waals surface area (Å²) in [5.41, 5.74) is 2.35. The third-order valence-electron chi connectivity index (χ3n) is 6.30. The Morgan fingerprint density at radius 1 is 1.14 bits per heavy atom. The summed E-state index contributed by atoms with van der Waals surface area (Å²) in [4.78, 5) is 19.0. The number of halogens is 1. The van der Waals surface area contributed by atoms with Crippen LogP contribution in [0, 0.1) is 5.41 Å². The molecule has 28 heavy (non-hydrogen) atoms. The smallest absolute Gasteiger partial charge is 0.253 e. The first-order chi connectivity index (χ1) is 13.2. The molecule has 2 aliphatic rings. The number of rotatable bonds is 6. The van der Waals surface area contributed by atoms with Gasteiger partial charge in [-0.25, -0.2) is 0 Å². The molecule has 0 aromatic heterocycles. The number of carbonyl (C=O) groups excluding carboxylic acids is 1. The number of nitrogens with zero attached hydrogens (tertiary/aromatic N) is 2. The van der Waals surface area contributed by atoms with E-state index in [1.54, 1.807) is 0 Å². The number of hydrogen-bond acceptors (Lipinski definition) is 2.